The van der Waals surface area contributed by atoms with Crippen molar-refractivity contribution in [2.45, 2.75) is 26.0 Å². The van der Waals surface area contributed by atoms with Gasteiger partial charge in [0.05, 0.1) is 23.8 Å². The molecule has 1 heterocycles. The molecule has 1 aromatic heterocycles. The number of rotatable bonds is 8. The van der Waals surface area contributed by atoms with Gasteiger partial charge in [-0.2, -0.15) is 5.26 Å². The second-order valence-electron chi connectivity index (χ2n) is 7.00. The molecule has 8 heteroatoms. The van der Waals surface area contributed by atoms with Gasteiger partial charge in [-0.1, -0.05) is 35.9 Å². The van der Waals surface area contributed by atoms with Crippen LogP contribution in [0.5, 0.6) is 5.75 Å². The van der Waals surface area contributed by atoms with Gasteiger partial charge in [0, 0.05) is 16.8 Å². The standard InChI is InChI=1S/C24H22ClN3O4/c1-16(2)32-24(29)31-15-30-21-11-10-18(25)13-20(21)23(28-22-9-5-6-12-27-22)19-8-4-3-7-17(19)14-26/h3-13,16,23H,15H2,1-2H3,(H,27,28). The molecular formula is C24H22ClN3O4. The predicted molar refractivity (Wildman–Crippen MR) is 121 cm³/mol. The molecule has 0 aliphatic heterocycles. The maximum absolute atomic E-state index is 11.7. The minimum absolute atomic E-state index is 0.303. The third kappa shape index (κ3) is 6.13. The highest BCUT2D eigenvalue weighted by Crippen LogP contribution is 2.36. The van der Waals surface area contributed by atoms with Crippen molar-refractivity contribution >= 4 is 23.6 Å². The van der Waals surface area contributed by atoms with Gasteiger partial charge in [-0.05, 0) is 55.8 Å². The normalized spacial score (nSPS) is 11.3. The zero-order valence-corrected chi connectivity index (χ0v) is 18.4. The second kappa shape index (κ2) is 11.0. The monoisotopic (exact) mass is 451 g/mol. The second-order valence-corrected chi connectivity index (χ2v) is 7.43. The van der Waals surface area contributed by atoms with E-state index in [-0.39, 0.29) is 12.9 Å². The molecule has 32 heavy (non-hydrogen) atoms. The number of hydrogen-bond donors (Lipinski definition) is 1. The van der Waals surface area contributed by atoms with Crippen molar-refractivity contribution in [2.75, 3.05) is 12.1 Å². The first-order chi connectivity index (χ1) is 15.5. The summed E-state index contributed by atoms with van der Waals surface area (Å²) in [4.78, 5) is 16.0. The van der Waals surface area contributed by atoms with Crippen LogP contribution in [0.3, 0.4) is 0 Å². The van der Waals surface area contributed by atoms with Gasteiger partial charge in [0.15, 0.2) is 0 Å². The summed E-state index contributed by atoms with van der Waals surface area (Å²) in [5, 5.41) is 13.5. The van der Waals surface area contributed by atoms with E-state index in [1.165, 1.54) is 0 Å². The third-order valence-electron chi connectivity index (χ3n) is 4.36. The smallest absolute Gasteiger partial charge is 0.457 e. The molecule has 7 nitrogen and oxygen atoms in total. The van der Waals surface area contributed by atoms with E-state index in [1.807, 2.05) is 30.3 Å². The van der Waals surface area contributed by atoms with E-state index in [0.717, 1.165) is 0 Å². The van der Waals surface area contributed by atoms with Gasteiger partial charge in [0.1, 0.15) is 11.6 Å². The number of aromatic nitrogens is 1. The van der Waals surface area contributed by atoms with E-state index < -0.39 is 12.2 Å². The Morgan fingerprint density at radius 3 is 2.62 bits per heavy atom. The number of pyridine rings is 1. The Morgan fingerprint density at radius 2 is 1.91 bits per heavy atom. The lowest BCUT2D eigenvalue weighted by molar-refractivity contribution is -0.00845. The summed E-state index contributed by atoms with van der Waals surface area (Å²) in [6, 6.07) is 19.5. The molecule has 0 spiro atoms. The Morgan fingerprint density at radius 1 is 1.12 bits per heavy atom. The van der Waals surface area contributed by atoms with Crippen LogP contribution >= 0.6 is 11.6 Å². The summed E-state index contributed by atoms with van der Waals surface area (Å²) < 4.78 is 15.7. The summed E-state index contributed by atoms with van der Waals surface area (Å²) in [6.45, 7) is 3.09. The molecule has 0 amide bonds. The summed E-state index contributed by atoms with van der Waals surface area (Å²) in [6.07, 6.45) is 0.538. The van der Waals surface area contributed by atoms with Crippen LogP contribution in [0.2, 0.25) is 5.02 Å². The maximum atomic E-state index is 11.7. The summed E-state index contributed by atoms with van der Waals surface area (Å²) in [5.74, 6) is 1.03. The molecule has 0 aliphatic rings. The van der Waals surface area contributed by atoms with Gasteiger partial charge in [-0.25, -0.2) is 9.78 Å². The lowest BCUT2D eigenvalue weighted by Gasteiger charge is -2.24. The quantitative estimate of drug-likeness (QED) is 0.346. The Hall–Kier alpha value is -3.76. The molecule has 3 aromatic rings. The van der Waals surface area contributed by atoms with Gasteiger partial charge in [-0.3, -0.25) is 0 Å². The molecular weight excluding hydrogens is 430 g/mol. The maximum Gasteiger partial charge on any atom is 0.511 e. The molecule has 0 aliphatic carbocycles. The highest BCUT2D eigenvalue weighted by molar-refractivity contribution is 6.30. The first-order valence-electron chi connectivity index (χ1n) is 9.90. The SMILES string of the molecule is CC(C)OC(=O)OCOc1ccc(Cl)cc1C(Nc1ccccn1)c1ccccc1C#N. The van der Waals surface area contributed by atoms with Gasteiger partial charge in [-0.15, -0.1) is 0 Å². The molecule has 3 rings (SSSR count). The van der Waals surface area contributed by atoms with Crippen LogP contribution in [0.4, 0.5) is 10.6 Å². The Labute approximate surface area is 191 Å². The number of nitriles is 1. The Balaban J connectivity index is 1.96. The van der Waals surface area contributed by atoms with Crippen molar-refractivity contribution < 1.29 is 19.0 Å². The molecule has 1 unspecified atom stereocenters. The van der Waals surface area contributed by atoms with Crippen LogP contribution < -0.4 is 10.1 Å². The molecule has 1 atom stereocenters. The van der Waals surface area contributed by atoms with Gasteiger partial charge in [0.25, 0.3) is 0 Å². The van der Waals surface area contributed by atoms with E-state index in [2.05, 4.69) is 16.4 Å². The number of ether oxygens (including phenoxy) is 3. The zero-order valence-electron chi connectivity index (χ0n) is 17.6. The number of benzene rings is 2. The highest BCUT2D eigenvalue weighted by atomic mass is 35.5. The van der Waals surface area contributed by atoms with E-state index >= 15 is 0 Å². The van der Waals surface area contributed by atoms with Crippen molar-refractivity contribution in [1.29, 1.82) is 5.26 Å². The average Bonchev–Trinajstić information content (AvgIpc) is 2.78. The minimum Gasteiger partial charge on any atom is -0.457 e. The van der Waals surface area contributed by atoms with E-state index in [4.69, 9.17) is 25.8 Å². The van der Waals surface area contributed by atoms with Crippen molar-refractivity contribution in [3.63, 3.8) is 0 Å². The first kappa shape index (κ1) is 22.9. The van der Waals surface area contributed by atoms with E-state index in [1.54, 1.807) is 50.4 Å². The molecule has 164 valence electrons. The Kier molecular flexibility index (Phi) is 7.90. The largest absolute Gasteiger partial charge is 0.511 e. The van der Waals surface area contributed by atoms with Crippen molar-refractivity contribution in [3.8, 4) is 11.8 Å². The summed E-state index contributed by atoms with van der Waals surface area (Å²) in [7, 11) is 0. The zero-order chi connectivity index (χ0) is 22.9. The van der Waals surface area contributed by atoms with Crippen LogP contribution in [0.25, 0.3) is 0 Å². The summed E-state index contributed by atoms with van der Waals surface area (Å²) >= 11 is 6.30. The van der Waals surface area contributed by atoms with E-state index in [0.29, 0.717) is 33.3 Å². The van der Waals surface area contributed by atoms with Gasteiger partial charge < -0.3 is 19.5 Å². The number of anilines is 1. The number of nitrogens with zero attached hydrogens (tertiary/aromatic N) is 2. The number of halogens is 1. The van der Waals surface area contributed by atoms with Crippen LogP contribution in [0, 0.1) is 11.3 Å². The highest BCUT2D eigenvalue weighted by Gasteiger charge is 2.22. The minimum atomic E-state index is -0.825. The lowest BCUT2D eigenvalue weighted by Crippen LogP contribution is -2.18. The van der Waals surface area contributed by atoms with E-state index in [9.17, 15) is 10.1 Å². The topological polar surface area (TPSA) is 93.5 Å². The molecule has 0 saturated heterocycles. The fourth-order valence-corrected chi connectivity index (χ4v) is 3.19. The number of carbonyl (C=O) groups is 1. The lowest BCUT2D eigenvalue weighted by atomic mass is 9.94. The van der Waals surface area contributed by atoms with Crippen molar-refractivity contribution in [3.05, 3.63) is 88.6 Å². The molecule has 0 saturated carbocycles. The fraction of sp³-hybridized carbons (Fsp3) is 0.208. The third-order valence-corrected chi connectivity index (χ3v) is 4.59. The van der Waals surface area contributed by atoms with Crippen LogP contribution in [-0.2, 0) is 9.47 Å². The first-order valence-corrected chi connectivity index (χ1v) is 10.3. The molecule has 1 N–H and O–H groups in total. The predicted octanol–water partition coefficient (Wildman–Crippen LogP) is 5.71. The summed E-state index contributed by atoms with van der Waals surface area (Å²) in [5.41, 5.74) is 1.85. The fourth-order valence-electron chi connectivity index (χ4n) is 3.01. The molecule has 0 bridgehead atoms. The van der Waals surface area contributed by atoms with Crippen LogP contribution in [-0.4, -0.2) is 24.0 Å². The molecule has 0 radical (unpaired) electrons. The van der Waals surface area contributed by atoms with Gasteiger partial charge >= 0.3 is 6.16 Å². The van der Waals surface area contributed by atoms with Gasteiger partial charge in [0.2, 0.25) is 6.79 Å². The number of hydrogen-bond acceptors (Lipinski definition) is 7. The van der Waals surface area contributed by atoms with Crippen molar-refractivity contribution in [1.82, 2.24) is 4.98 Å². The molecule has 2 aromatic carbocycles. The average molecular weight is 452 g/mol. The van der Waals surface area contributed by atoms with Crippen molar-refractivity contribution in [2.24, 2.45) is 0 Å². The Bertz CT molecular complexity index is 1100. The number of carbonyl (C=O) groups excluding carboxylic acids is 1. The molecule has 0 fully saturated rings. The van der Waals surface area contributed by atoms with Crippen LogP contribution in [0.1, 0.15) is 36.6 Å². The number of nitrogens with one attached hydrogen (secondary N) is 1. The van der Waals surface area contributed by atoms with Crippen LogP contribution in [0.15, 0.2) is 66.9 Å².